The van der Waals surface area contributed by atoms with Crippen LogP contribution in [0, 0.1) is 0 Å². The number of ether oxygens (including phenoxy) is 4. The second-order valence-corrected chi connectivity index (χ2v) is 17.7. The van der Waals surface area contributed by atoms with Gasteiger partial charge in [0.25, 0.3) is 0 Å². The van der Waals surface area contributed by atoms with E-state index in [1.54, 1.807) is 6.08 Å². The number of hydrogen-bond acceptors (Lipinski definition) is 9. The van der Waals surface area contributed by atoms with Crippen molar-refractivity contribution >= 4 is 24.0 Å². The van der Waals surface area contributed by atoms with E-state index in [9.17, 15) is 19.2 Å². The average Bonchev–Trinajstić information content (AvgIpc) is 3.31. The van der Waals surface area contributed by atoms with Crippen LogP contribution < -0.4 is 5.32 Å². The summed E-state index contributed by atoms with van der Waals surface area (Å²) in [6.07, 6.45) is 48.3. The van der Waals surface area contributed by atoms with Crippen LogP contribution in [-0.2, 0) is 33.3 Å². The maximum Gasteiger partial charge on any atom is 0.412 e. The third-order valence-corrected chi connectivity index (χ3v) is 11.4. The molecule has 0 aromatic heterocycles. The molecule has 0 fully saturated rings. The number of alkyl carbamates (subject to hydrolysis) is 1. The molecule has 380 valence electrons. The normalized spacial score (nSPS) is 12.1. The first-order valence-corrected chi connectivity index (χ1v) is 26.7. The molecule has 1 amide bonds. The molecule has 0 radical (unpaired) electrons. The maximum atomic E-state index is 13.2. The van der Waals surface area contributed by atoms with Gasteiger partial charge in [0.15, 0.2) is 6.10 Å². The fourth-order valence-corrected chi connectivity index (χ4v) is 6.98. The predicted octanol–water partition coefficient (Wildman–Crippen LogP) is 14.9. The first-order valence-electron chi connectivity index (χ1n) is 26.7. The van der Waals surface area contributed by atoms with Crippen LogP contribution in [0.3, 0.4) is 0 Å². The molecular formula is C56H98N2O8. The van der Waals surface area contributed by atoms with E-state index in [1.165, 1.54) is 51.4 Å². The summed E-state index contributed by atoms with van der Waals surface area (Å²) in [6, 6.07) is 0. The molecule has 0 aromatic carbocycles. The summed E-state index contributed by atoms with van der Waals surface area (Å²) >= 11 is 0. The van der Waals surface area contributed by atoms with Crippen molar-refractivity contribution in [3.8, 4) is 0 Å². The van der Waals surface area contributed by atoms with Gasteiger partial charge in [0, 0.05) is 32.4 Å². The fourth-order valence-electron chi connectivity index (χ4n) is 6.98. The molecule has 0 rings (SSSR count). The molecule has 0 aromatic rings. The molecule has 0 saturated heterocycles. The number of likely N-dealkylation sites (N-methyl/N-ethyl adjacent to an activating group) is 1. The van der Waals surface area contributed by atoms with E-state index in [-0.39, 0.29) is 44.4 Å². The van der Waals surface area contributed by atoms with Crippen LogP contribution in [-0.4, -0.2) is 74.9 Å². The van der Waals surface area contributed by atoms with Gasteiger partial charge in [0.2, 0.25) is 0 Å². The Morgan fingerprint density at radius 3 is 1.38 bits per heavy atom. The number of unbranched alkanes of at least 4 members (excludes halogenated alkanes) is 20. The van der Waals surface area contributed by atoms with E-state index in [2.05, 4.69) is 79.6 Å². The minimum atomic E-state index is -0.953. The minimum absolute atomic E-state index is 0.146. The van der Waals surface area contributed by atoms with E-state index >= 15 is 0 Å². The van der Waals surface area contributed by atoms with Gasteiger partial charge in [-0.25, -0.2) is 4.79 Å². The molecule has 0 saturated carbocycles. The lowest BCUT2D eigenvalue weighted by molar-refractivity contribution is -0.166. The maximum absolute atomic E-state index is 13.2. The molecule has 0 heterocycles. The molecular weight excluding hydrogens is 829 g/mol. The van der Waals surface area contributed by atoms with E-state index in [4.69, 9.17) is 18.9 Å². The number of nitrogens with one attached hydrogen (secondary N) is 1. The lowest BCUT2D eigenvalue weighted by atomic mass is 10.1. The van der Waals surface area contributed by atoms with Gasteiger partial charge >= 0.3 is 24.0 Å². The Morgan fingerprint density at radius 1 is 0.500 bits per heavy atom. The van der Waals surface area contributed by atoms with Gasteiger partial charge in [0.1, 0.15) is 19.0 Å². The van der Waals surface area contributed by atoms with Crippen molar-refractivity contribution in [1.82, 2.24) is 10.2 Å². The molecule has 1 N–H and O–H groups in total. The number of carbonyl (C=O) groups is 4. The van der Waals surface area contributed by atoms with Gasteiger partial charge in [0.05, 0.1) is 6.42 Å². The Balaban J connectivity index is 5.03. The van der Waals surface area contributed by atoms with Crippen LogP contribution in [0.1, 0.15) is 227 Å². The largest absolute Gasteiger partial charge is 0.462 e. The summed E-state index contributed by atoms with van der Waals surface area (Å²) in [4.78, 5) is 53.3. The molecule has 0 unspecified atom stereocenters. The second kappa shape index (κ2) is 49.3. The zero-order valence-electron chi connectivity index (χ0n) is 42.9. The smallest absolute Gasteiger partial charge is 0.412 e. The van der Waals surface area contributed by atoms with Gasteiger partial charge in [-0.15, -0.1) is 0 Å². The Kier molecular flexibility index (Phi) is 46.5. The molecule has 0 aliphatic carbocycles. The second-order valence-electron chi connectivity index (χ2n) is 17.7. The topological polar surface area (TPSA) is 120 Å². The Bertz CT molecular complexity index is 1260. The highest BCUT2D eigenvalue weighted by Crippen LogP contribution is 2.15. The quantitative estimate of drug-likeness (QED) is 0.0209. The molecule has 10 nitrogen and oxygen atoms in total. The van der Waals surface area contributed by atoms with Gasteiger partial charge in [-0.1, -0.05) is 166 Å². The van der Waals surface area contributed by atoms with Gasteiger partial charge < -0.3 is 29.2 Å². The molecule has 0 aliphatic rings. The monoisotopic (exact) mass is 927 g/mol. The summed E-state index contributed by atoms with van der Waals surface area (Å²) in [7, 11) is 1.98. The van der Waals surface area contributed by atoms with Gasteiger partial charge in [-0.2, -0.15) is 0 Å². The lowest BCUT2D eigenvalue weighted by Gasteiger charge is -2.18. The molecule has 0 atom stereocenters. The summed E-state index contributed by atoms with van der Waals surface area (Å²) < 4.78 is 22.4. The van der Waals surface area contributed by atoms with Crippen LogP contribution >= 0.6 is 0 Å². The molecule has 66 heavy (non-hydrogen) atoms. The van der Waals surface area contributed by atoms with Crippen molar-refractivity contribution in [3.05, 3.63) is 60.4 Å². The average molecular weight is 927 g/mol. The molecule has 0 aliphatic heterocycles. The number of esters is 3. The van der Waals surface area contributed by atoms with Crippen LogP contribution in [0.5, 0.6) is 0 Å². The molecule has 10 heteroatoms. The summed E-state index contributed by atoms with van der Waals surface area (Å²) in [5.41, 5.74) is 0. The van der Waals surface area contributed by atoms with E-state index in [0.29, 0.717) is 25.3 Å². The lowest BCUT2D eigenvalue weighted by Crippen LogP contribution is -2.33. The standard InChI is InChI=1S/C56H98N2O8/c1-6-10-13-16-18-20-22-24-26-28-30-32-34-37-40-43-53(59)63-49-52(50-64-54(60)44-41-38-35-33-31-29-27-25-23-21-19-17-14-11-7-2)65-55(61)46-45-51(42-39-36-15-12-8-3)66-56(62)57-47-48-58(5)9-4/h18-21,24-27,45,52H,6-17,22-23,28-44,46-50H2,1-5H3,(H,57,62)/b20-18-,21-19-,26-24-,27-25-,51-45+. The number of carbonyl (C=O) groups excluding carboxylic acids is 4. The molecule has 0 bridgehead atoms. The first-order chi connectivity index (χ1) is 32.2. The summed E-state index contributed by atoms with van der Waals surface area (Å²) in [5, 5.41) is 2.78. The zero-order chi connectivity index (χ0) is 48.4. The van der Waals surface area contributed by atoms with E-state index in [0.717, 1.165) is 129 Å². The fraction of sp³-hybridized carbons (Fsp3) is 0.750. The number of rotatable bonds is 46. The van der Waals surface area contributed by atoms with E-state index in [1.807, 2.05) is 14.0 Å². The predicted molar refractivity (Wildman–Crippen MR) is 274 cm³/mol. The highest BCUT2D eigenvalue weighted by molar-refractivity contribution is 5.73. The van der Waals surface area contributed by atoms with Crippen molar-refractivity contribution in [1.29, 1.82) is 0 Å². The third kappa shape index (κ3) is 45.5. The summed E-state index contributed by atoms with van der Waals surface area (Å²) in [6.45, 7) is 10.3. The highest BCUT2D eigenvalue weighted by atomic mass is 16.6. The van der Waals surface area contributed by atoms with Crippen molar-refractivity contribution in [3.63, 3.8) is 0 Å². The first kappa shape index (κ1) is 62.3. The SMILES string of the molecule is CCCCC/C=C\C/C=C\CCCCCCCC(=O)OCC(COC(=O)CCCCCCC/C=C\C/C=C\CCCCC)OC(=O)C/C=C(\CCCCCCC)OC(=O)NCCN(C)CC. The number of nitrogens with zero attached hydrogens (tertiary/aromatic N) is 1. The van der Waals surface area contributed by atoms with Gasteiger partial charge in [-0.05, 0) is 103 Å². The Labute approximate surface area is 404 Å². The highest BCUT2D eigenvalue weighted by Gasteiger charge is 2.20. The van der Waals surface area contributed by atoms with Crippen molar-refractivity contribution in [2.75, 3.05) is 39.9 Å². The Morgan fingerprint density at radius 2 is 0.909 bits per heavy atom. The number of amides is 1. The summed E-state index contributed by atoms with van der Waals surface area (Å²) in [5.74, 6) is -0.915. The van der Waals surface area contributed by atoms with Crippen LogP contribution in [0.2, 0.25) is 0 Å². The Hall–Kier alpha value is -3.66. The number of hydrogen-bond donors (Lipinski definition) is 1. The van der Waals surface area contributed by atoms with E-state index < -0.39 is 18.2 Å². The van der Waals surface area contributed by atoms with Crippen LogP contribution in [0.25, 0.3) is 0 Å². The zero-order valence-corrected chi connectivity index (χ0v) is 42.9. The van der Waals surface area contributed by atoms with Crippen molar-refractivity contribution < 1.29 is 38.1 Å². The third-order valence-electron chi connectivity index (χ3n) is 11.4. The number of allylic oxidation sites excluding steroid dienone is 9. The van der Waals surface area contributed by atoms with Crippen molar-refractivity contribution in [2.24, 2.45) is 0 Å². The minimum Gasteiger partial charge on any atom is -0.462 e. The molecule has 0 spiro atoms. The van der Waals surface area contributed by atoms with Crippen LogP contribution in [0.15, 0.2) is 60.4 Å². The van der Waals surface area contributed by atoms with Gasteiger partial charge in [-0.3, -0.25) is 14.4 Å². The van der Waals surface area contributed by atoms with Crippen molar-refractivity contribution in [2.45, 2.75) is 233 Å². The van der Waals surface area contributed by atoms with Crippen LogP contribution in [0.4, 0.5) is 4.79 Å².